The molecule has 2 N–H and O–H groups in total. The van der Waals surface area contributed by atoms with Crippen LogP contribution in [0.25, 0.3) is 0 Å². The Labute approximate surface area is 104 Å². The van der Waals surface area contributed by atoms with Gasteiger partial charge in [0.05, 0.1) is 20.2 Å². The van der Waals surface area contributed by atoms with Gasteiger partial charge >= 0.3 is 1.43 Å². The van der Waals surface area contributed by atoms with Crippen molar-refractivity contribution in [2.45, 2.75) is 33.0 Å². The van der Waals surface area contributed by atoms with E-state index < -0.39 is 0 Å². The normalized spacial score (nSPS) is 20.2. The summed E-state index contributed by atoms with van der Waals surface area (Å²) in [4.78, 5) is 1.98. The van der Waals surface area contributed by atoms with Crippen LogP contribution >= 0.6 is 0 Å². The van der Waals surface area contributed by atoms with Crippen molar-refractivity contribution in [1.82, 2.24) is 4.90 Å². The first-order valence-electron chi connectivity index (χ1n) is 5.59. The topological polar surface area (TPSA) is 43.7 Å². The molecule has 0 spiro atoms. The SMILES string of the molecule is C.CCC(O)CN(C)C.C[N+]1(C)CC(O)C1.[2HH].[H+]. The molecule has 1 unspecified atom stereocenters. The van der Waals surface area contributed by atoms with Crippen LogP contribution in [-0.4, -0.2) is 79.6 Å². The molecule has 1 aliphatic rings. The Kier molecular flexibility index (Phi) is 9.12. The average Bonchev–Trinajstić information content (AvgIpc) is 2.00. The van der Waals surface area contributed by atoms with Crippen LogP contribution in [0.1, 0.15) is 23.6 Å². The van der Waals surface area contributed by atoms with Gasteiger partial charge in [0.15, 0.2) is 6.10 Å². The number of quaternary nitrogens is 1. The Morgan fingerprint density at radius 2 is 1.88 bits per heavy atom. The third kappa shape index (κ3) is 9.09. The van der Waals surface area contributed by atoms with Gasteiger partial charge in [-0.05, 0) is 20.5 Å². The van der Waals surface area contributed by atoms with E-state index in [1.165, 1.54) is 0 Å². The van der Waals surface area contributed by atoms with E-state index in [4.69, 9.17) is 10.2 Å². The molecule has 102 valence electrons. The monoisotopic (exact) mass is 239 g/mol. The van der Waals surface area contributed by atoms with Crippen molar-refractivity contribution >= 4 is 0 Å². The predicted molar refractivity (Wildman–Crippen MR) is 72.7 cm³/mol. The summed E-state index contributed by atoms with van der Waals surface area (Å²) in [6.45, 7) is 4.62. The molecule has 1 fully saturated rings. The lowest BCUT2D eigenvalue weighted by atomic mass is 10.1. The summed E-state index contributed by atoms with van der Waals surface area (Å²) in [5.41, 5.74) is 0. The summed E-state index contributed by atoms with van der Waals surface area (Å²) < 4.78 is 0.987. The summed E-state index contributed by atoms with van der Waals surface area (Å²) in [5.74, 6) is 0. The van der Waals surface area contributed by atoms with Crippen molar-refractivity contribution in [2.75, 3.05) is 47.8 Å². The molecule has 0 aliphatic carbocycles. The highest BCUT2D eigenvalue weighted by atomic mass is 16.3. The van der Waals surface area contributed by atoms with Gasteiger partial charge in [0.2, 0.25) is 0 Å². The van der Waals surface area contributed by atoms with Gasteiger partial charge < -0.3 is 19.6 Å². The van der Waals surface area contributed by atoms with Crippen LogP contribution in [0, 0.1) is 0 Å². The first-order chi connectivity index (χ1) is 6.76. The fourth-order valence-corrected chi connectivity index (χ4v) is 1.64. The zero-order valence-electron chi connectivity index (χ0n) is 11.8. The van der Waals surface area contributed by atoms with Crippen molar-refractivity contribution in [3.8, 4) is 0 Å². The maximum absolute atomic E-state index is 8.99. The maximum Gasteiger partial charge on any atom is 1.00 e. The first kappa shape index (κ1) is 18.2. The lowest BCUT2D eigenvalue weighted by molar-refractivity contribution is -0.937. The minimum absolute atomic E-state index is 0. The summed E-state index contributed by atoms with van der Waals surface area (Å²) >= 11 is 0. The summed E-state index contributed by atoms with van der Waals surface area (Å²) in [7, 11) is 8.15. The van der Waals surface area contributed by atoms with Gasteiger partial charge in [0, 0.05) is 7.97 Å². The standard InChI is InChI=1S/C6H15NO.C5H12NO.CH4.H2/c1-4-6(8)5-7(2)3;1-6(2)3-5(7)4-6;;/h6,8H,4-5H2,1-3H3;5,7H,3-4H2,1-2H3;1H4;1H/q;+1;;/p+1/i;;;1+1. The van der Waals surface area contributed by atoms with Crippen LogP contribution < -0.4 is 0 Å². The second-order valence-corrected chi connectivity index (χ2v) is 5.28. The van der Waals surface area contributed by atoms with Crippen molar-refractivity contribution < 1.29 is 17.5 Å². The van der Waals surface area contributed by atoms with Crippen LogP contribution in [-0.2, 0) is 0 Å². The van der Waals surface area contributed by atoms with E-state index in [-0.39, 0.29) is 22.5 Å². The summed E-state index contributed by atoms with van der Waals surface area (Å²) in [5, 5.41) is 17.8. The van der Waals surface area contributed by atoms with Crippen LogP contribution in [0.5, 0.6) is 0 Å². The van der Waals surface area contributed by atoms with E-state index in [1.54, 1.807) is 0 Å². The molecule has 0 aromatic heterocycles. The highest BCUT2D eigenvalue weighted by Crippen LogP contribution is 2.11. The van der Waals surface area contributed by atoms with Gasteiger partial charge in [-0.3, -0.25) is 0 Å². The Morgan fingerprint density at radius 3 is 1.94 bits per heavy atom. The molecule has 0 amide bonds. The second kappa shape index (κ2) is 8.01. The van der Waals surface area contributed by atoms with E-state index in [1.807, 2.05) is 25.9 Å². The molecular weight excluding hydrogens is 204 g/mol. The van der Waals surface area contributed by atoms with E-state index in [0.717, 1.165) is 30.5 Å². The smallest absolute Gasteiger partial charge is 0.392 e. The highest BCUT2D eigenvalue weighted by molar-refractivity contribution is 4.61. The molecule has 0 bridgehead atoms. The van der Waals surface area contributed by atoms with Gasteiger partial charge in [-0.25, -0.2) is 0 Å². The number of rotatable bonds is 3. The lowest BCUT2D eigenvalue weighted by Crippen LogP contribution is -2.61. The number of likely N-dealkylation sites (N-methyl/N-ethyl adjacent to an activating group) is 2. The molecule has 0 aromatic rings. The number of hydrogen-bond acceptors (Lipinski definition) is 3. The van der Waals surface area contributed by atoms with Crippen molar-refractivity contribution in [3.63, 3.8) is 0 Å². The van der Waals surface area contributed by atoms with Crippen LogP contribution in [0.15, 0.2) is 0 Å². The fourth-order valence-electron chi connectivity index (χ4n) is 1.64. The van der Waals surface area contributed by atoms with Crippen molar-refractivity contribution in [3.05, 3.63) is 0 Å². The second-order valence-electron chi connectivity index (χ2n) is 5.28. The molecule has 0 saturated carbocycles. The largest absolute Gasteiger partial charge is 1.00 e. The zero-order valence-corrected chi connectivity index (χ0v) is 10.8. The van der Waals surface area contributed by atoms with Gasteiger partial charge in [0.1, 0.15) is 13.1 Å². The zero-order chi connectivity index (χ0) is 12.1. The molecule has 4 heteroatoms. The third-order valence-corrected chi connectivity index (χ3v) is 2.46. The van der Waals surface area contributed by atoms with Crippen molar-refractivity contribution in [1.29, 1.82) is 0 Å². The molecule has 1 saturated heterocycles. The maximum atomic E-state index is 8.99. The van der Waals surface area contributed by atoms with E-state index in [0.29, 0.717) is 0 Å². The van der Waals surface area contributed by atoms with Gasteiger partial charge in [-0.15, -0.1) is 0 Å². The van der Waals surface area contributed by atoms with Crippen molar-refractivity contribution in [2.24, 2.45) is 0 Å². The van der Waals surface area contributed by atoms with Crippen LogP contribution in [0.4, 0.5) is 0 Å². The predicted octanol–water partition coefficient (Wildman–Crippen LogP) is 0.751. The van der Waals surface area contributed by atoms with Crippen LogP contribution in [0.3, 0.4) is 0 Å². The van der Waals surface area contributed by atoms with E-state index >= 15 is 0 Å². The van der Waals surface area contributed by atoms with Gasteiger partial charge in [-0.2, -0.15) is 0 Å². The molecule has 1 aliphatic heterocycles. The summed E-state index contributed by atoms with van der Waals surface area (Å²) in [6.07, 6.45) is 0.679. The van der Waals surface area contributed by atoms with E-state index in [9.17, 15) is 0 Å². The fraction of sp³-hybridized carbons (Fsp3) is 1.00. The number of aliphatic hydroxyl groups excluding tert-OH is 2. The molecule has 16 heavy (non-hydrogen) atoms. The lowest BCUT2D eigenvalue weighted by Gasteiger charge is -2.41. The molecule has 1 heterocycles. The highest BCUT2D eigenvalue weighted by Gasteiger charge is 2.34. The van der Waals surface area contributed by atoms with Gasteiger partial charge in [-0.1, -0.05) is 14.4 Å². The molecular formula is C12H34N2O2+2. The minimum atomic E-state index is -0.148. The minimum Gasteiger partial charge on any atom is -0.392 e. The Hall–Kier alpha value is -0.160. The Bertz CT molecular complexity index is 173. The van der Waals surface area contributed by atoms with E-state index in [2.05, 4.69) is 14.1 Å². The summed E-state index contributed by atoms with van der Waals surface area (Å²) in [6, 6.07) is 0. The number of nitrogens with zero attached hydrogens (tertiary/aromatic N) is 2. The average molecular weight is 239 g/mol. The number of likely N-dealkylation sites (tertiary alicyclic amines) is 1. The Morgan fingerprint density at radius 1 is 1.44 bits per heavy atom. The molecule has 4 nitrogen and oxygen atoms in total. The number of aliphatic hydroxyl groups is 2. The molecule has 0 radical (unpaired) electrons. The third-order valence-electron chi connectivity index (χ3n) is 2.46. The number of hydrogen-bond donors (Lipinski definition) is 2. The quantitative estimate of drug-likeness (QED) is 0.714. The Balaban J connectivity index is -0.0000000935. The molecule has 0 aromatic carbocycles. The first-order valence-corrected chi connectivity index (χ1v) is 5.59. The molecule has 1 atom stereocenters. The molecule has 1 rings (SSSR count). The van der Waals surface area contributed by atoms with Crippen LogP contribution in [0.2, 0.25) is 0 Å². The van der Waals surface area contributed by atoms with Gasteiger partial charge in [0.25, 0.3) is 0 Å².